The Labute approximate surface area is 104 Å². The Hall–Kier alpha value is -0.900. The van der Waals surface area contributed by atoms with Crippen molar-refractivity contribution in [2.45, 2.75) is 25.8 Å². The second kappa shape index (κ2) is 7.43. The van der Waals surface area contributed by atoms with E-state index in [2.05, 4.69) is 12.2 Å². The van der Waals surface area contributed by atoms with E-state index < -0.39 is 5.54 Å². The molecule has 3 nitrogen and oxygen atoms in total. The molecule has 1 rings (SSSR count). The average molecular weight is 237 g/mol. The number of aliphatic hydroxyl groups excluding tert-OH is 1. The van der Waals surface area contributed by atoms with E-state index in [1.165, 1.54) is 0 Å². The zero-order valence-corrected chi connectivity index (χ0v) is 10.8. The van der Waals surface area contributed by atoms with Gasteiger partial charge in [-0.25, -0.2) is 0 Å². The summed E-state index contributed by atoms with van der Waals surface area (Å²) in [6.07, 6.45) is 1.03. The summed E-state index contributed by atoms with van der Waals surface area (Å²) in [5.41, 5.74) is 0.595. The summed E-state index contributed by atoms with van der Waals surface area (Å²) in [5.74, 6) is 0. The molecule has 1 aromatic carbocycles. The summed E-state index contributed by atoms with van der Waals surface area (Å²) in [7, 11) is 0. The van der Waals surface area contributed by atoms with Crippen LogP contribution in [0.5, 0.6) is 0 Å². The van der Waals surface area contributed by atoms with Gasteiger partial charge in [-0.05, 0) is 25.5 Å². The second-order valence-electron chi connectivity index (χ2n) is 4.17. The third-order valence-corrected chi connectivity index (χ3v) is 2.86. The Morgan fingerprint density at radius 1 is 1.24 bits per heavy atom. The van der Waals surface area contributed by atoms with Gasteiger partial charge in [0.2, 0.25) is 0 Å². The van der Waals surface area contributed by atoms with Crippen molar-refractivity contribution in [3.05, 3.63) is 35.9 Å². The van der Waals surface area contributed by atoms with Gasteiger partial charge in [0.1, 0.15) is 0 Å². The minimum Gasteiger partial charge on any atom is -0.394 e. The van der Waals surface area contributed by atoms with E-state index in [0.29, 0.717) is 13.2 Å². The first kappa shape index (κ1) is 14.2. The van der Waals surface area contributed by atoms with Crippen LogP contribution in [0.25, 0.3) is 0 Å². The molecule has 0 fully saturated rings. The van der Waals surface area contributed by atoms with Crippen LogP contribution in [0.4, 0.5) is 0 Å². The van der Waals surface area contributed by atoms with Crippen molar-refractivity contribution in [1.82, 2.24) is 5.32 Å². The van der Waals surface area contributed by atoms with Crippen LogP contribution < -0.4 is 5.32 Å². The van der Waals surface area contributed by atoms with Gasteiger partial charge in [-0.15, -0.1) is 0 Å². The van der Waals surface area contributed by atoms with Gasteiger partial charge in [0.25, 0.3) is 0 Å². The van der Waals surface area contributed by atoms with E-state index in [9.17, 15) is 5.11 Å². The predicted molar refractivity (Wildman–Crippen MR) is 70.0 cm³/mol. The summed E-state index contributed by atoms with van der Waals surface area (Å²) >= 11 is 0. The molecule has 17 heavy (non-hydrogen) atoms. The molecule has 0 heterocycles. The Morgan fingerprint density at radius 2 is 1.94 bits per heavy atom. The Morgan fingerprint density at radius 3 is 2.47 bits per heavy atom. The molecule has 0 aliphatic carbocycles. The molecule has 0 aromatic heterocycles. The van der Waals surface area contributed by atoms with E-state index in [0.717, 1.165) is 18.5 Å². The Balaban J connectivity index is 2.89. The van der Waals surface area contributed by atoms with Crippen LogP contribution in [0, 0.1) is 0 Å². The molecule has 0 bridgehead atoms. The fraction of sp³-hybridized carbons (Fsp3) is 0.571. The van der Waals surface area contributed by atoms with Gasteiger partial charge in [-0.3, -0.25) is 0 Å². The maximum absolute atomic E-state index is 9.74. The fourth-order valence-electron chi connectivity index (χ4n) is 1.83. The van der Waals surface area contributed by atoms with E-state index in [1.54, 1.807) is 0 Å². The van der Waals surface area contributed by atoms with Gasteiger partial charge < -0.3 is 15.2 Å². The highest BCUT2D eigenvalue weighted by molar-refractivity contribution is 5.25. The Kier molecular flexibility index (Phi) is 6.19. The third kappa shape index (κ3) is 3.80. The van der Waals surface area contributed by atoms with Crippen LogP contribution in [-0.2, 0) is 10.3 Å². The van der Waals surface area contributed by atoms with Crippen LogP contribution in [-0.4, -0.2) is 31.5 Å². The highest BCUT2D eigenvalue weighted by Crippen LogP contribution is 2.21. The first-order valence-corrected chi connectivity index (χ1v) is 6.28. The number of hydrogen-bond acceptors (Lipinski definition) is 3. The van der Waals surface area contributed by atoms with Gasteiger partial charge in [-0.1, -0.05) is 37.3 Å². The molecule has 0 radical (unpaired) electrons. The molecule has 0 amide bonds. The molecule has 96 valence electrons. The monoisotopic (exact) mass is 237 g/mol. The summed E-state index contributed by atoms with van der Waals surface area (Å²) in [6, 6.07) is 10.0. The normalized spacial score (nSPS) is 14.5. The number of hydrogen-bond donors (Lipinski definition) is 2. The maximum Gasteiger partial charge on any atom is 0.0905 e. The summed E-state index contributed by atoms with van der Waals surface area (Å²) in [5, 5.41) is 13.1. The van der Waals surface area contributed by atoms with Gasteiger partial charge in [-0.2, -0.15) is 0 Å². The van der Waals surface area contributed by atoms with Crippen molar-refractivity contribution < 1.29 is 9.84 Å². The maximum atomic E-state index is 9.74. The standard InChI is InChI=1S/C14H23NO2/c1-3-10-15-14(11-16,12-17-4-2)13-8-6-5-7-9-13/h5-9,15-16H,3-4,10-12H2,1-2H3. The molecular weight excluding hydrogens is 214 g/mol. The highest BCUT2D eigenvalue weighted by atomic mass is 16.5. The zero-order chi connectivity index (χ0) is 12.6. The molecule has 1 atom stereocenters. The van der Waals surface area contributed by atoms with Crippen LogP contribution in [0.2, 0.25) is 0 Å². The average Bonchev–Trinajstić information content (AvgIpc) is 2.41. The van der Waals surface area contributed by atoms with E-state index in [1.807, 2.05) is 37.3 Å². The quantitative estimate of drug-likeness (QED) is 0.725. The zero-order valence-electron chi connectivity index (χ0n) is 10.8. The lowest BCUT2D eigenvalue weighted by molar-refractivity contribution is 0.0393. The van der Waals surface area contributed by atoms with E-state index >= 15 is 0 Å². The van der Waals surface area contributed by atoms with Gasteiger partial charge in [0, 0.05) is 6.61 Å². The number of aliphatic hydroxyl groups is 1. The lowest BCUT2D eigenvalue weighted by Gasteiger charge is -2.33. The third-order valence-electron chi connectivity index (χ3n) is 2.86. The lowest BCUT2D eigenvalue weighted by atomic mass is 9.91. The molecule has 3 heteroatoms. The van der Waals surface area contributed by atoms with Crippen molar-refractivity contribution in [3.8, 4) is 0 Å². The summed E-state index contributed by atoms with van der Waals surface area (Å²) < 4.78 is 5.52. The molecule has 0 aliphatic heterocycles. The molecule has 2 N–H and O–H groups in total. The number of nitrogens with one attached hydrogen (secondary N) is 1. The molecular formula is C14H23NO2. The van der Waals surface area contributed by atoms with Crippen LogP contribution in [0.3, 0.4) is 0 Å². The molecule has 0 aliphatic rings. The van der Waals surface area contributed by atoms with Crippen molar-refractivity contribution in [3.63, 3.8) is 0 Å². The minimum atomic E-state index is -0.479. The summed E-state index contributed by atoms with van der Waals surface area (Å²) in [6.45, 7) is 6.12. The number of rotatable bonds is 8. The lowest BCUT2D eigenvalue weighted by Crippen LogP contribution is -2.49. The fourth-order valence-corrected chi connectivity index (χ4v) is 1.83. The van der Waals surface area contributed by atoms with Crippen LogP contribution in [0.1, 0.15) is 25.8 Å². The number of ether oxygens (including phenoxy) is 1. The molecule has 0 saturated carbocycles. The topological polar surface area (TPSA) is 41.5 Å². The van der Waals surface area contributed by atoms with Gasteiger partial charge >= 0.3 is 0 Å². The van der Waals surface area contributed by atoms with Crippen LogP contribution >= 0.6 is 0 Å². The first-order chi connectivity index (χ1) is 8.29. The van der Waals surface area contributed by atoms with Crippen molar-refractivity contribution in [2.24, 2.45) is 0 Å². The number of benzene rings is 1. The molecule has 1 aromatic rings. The molecule has 0 saturated heterocycles. The minimum absolute atomic E-state index is 0.0387. The molecule has 1 unspecified atom stereocenters. The Bertz CT molecular complexity index is 292. The highest BCUT2D eigenvalue weighted by Gasteiger charge is 2.30. The van der Waals surface area contributed by atoms with Crippen molar-refractivity contribution in [2.75, 3.05) is 26.4 Å². The smallest absolute Gasteiger partial charge is 0.0905 e. The second-order valence-corrected chi connectivity index (χ2v) is 4.17. The SMILES string of the molecule is CCCNC(CO)(COCC)c1ccccc1. The van der Waals surface area contributed by atoms with E-state index in [4.69, 9.17) is 4.74 Å². The summed E-state index contributed by atoms with van der Waals surface area (Å²) in [4.78, 5) is 0. The van der Waals surface area contributed by atoms with Gasteiger partial charge in [0.05, 0.1) is 18.8 Å². The van der Waals surface area contributed by atoms with Gasteiger partial charge in [0.15, 0.2) is 0 Å². The van der Waals surface area contributed by atoms with Crippen molar-refractivity contribution in [1.29, 1.82) is 0 Å². The largest absolute Gasteiger partial charge is 0.394 e. The predicted octanol–water partition coefficient (Wildman–Crippen LogP) is 1.91. The van der Waals surface area contributed by atoms with E-state index in [-0.39, 0.29) is 6.61 Å². The molecule has 0 spiro atoms. The van der Waals surface area contributed by atoms with Crippen molar-refractivity contribution >= 4 is 0 Å². The van der Waals surface area contributed by atoms with Crippen LogP contribution in [0.15, 0.2) is 30.3 Å². The first-order valence-electron chi connectivity index (χ1n) is 6.28.